The zero-order valence-corrected chi connectivity index (χ0v) is 8.77. The summed E-state index contributed by atoms with van der Waals surface area (Å²) in [5, 5.41) is 0.500. The van der Waals surface area contributed by atoms with Crippen LogP contribution in [0, 0.1) is 0 Å². The number of halogens is 4. The lowest BCUT2D eigenvalue weighted by Crippen LogP contribution is -2.32. The number of hydrogen-bond donors (Lipinski definition) is 0. The molecule has 0 radical (unpaired) electrons. The highest BCUT2D eigenvalue weighted by molar-refractivity contribution is 6.30. The molecule has 0 spiro atoms. The fraction of sp³-hybridized carbons (Fsp3) is 0.400. The molecular weight excluding hydrogens is 229 g/mol. The van der Waals surface area contributed by atoms with Gasteiger partial charge in [0.1, 0.15) is 0 Å². The number of benzene rings is 1. The van der Waals surface area contributed by atoms with E-state index in [-0.39, 0.29) is 6.42 Å². The van der Waals surface area contributed by atoms with Crippen molar-refractivity contribution < 1.29 is 17.9 Å². The highest BCUT2D eigenvalue weighted by atomic mass is 35.5. The maximum absolute atomic E-state index is 12.3. The highest BCUT2D eigenvalue weighted by Gasteiger charge is 2.39. The number of rotatable bonds is 3. The molecule has 0 N–H and O–H groups in total. The van der Waals surface area contributed by atoms with Crippen LogP contribution in [0.2, 0.25) is 5.02 Å². The maximum Gasteiger partial charge on any atom is 0.414 e. The first-order chi connectivity index (χ1) is 6.93. The molecule has 1 aromatic rings. The Kier molecular flexibility index (Phi) is 3.99. The fourth-order valence-electron chi connectivity index (χ4n) is 1.17. The van der Waals surface area contributed by atoms with Crippen LogP contribution >= 0.6 is 11.6 Å². The van der Waals surface area contributed by atoms with Gasteiger partial charge in [0.2, 0.25) is 0 Å². The van der Waals surface area contributed by atoms with Gasteiger partial charge in [-0.25, -0.2) is 0 Å². The van der Waals surface area contributed by atoms with Crippen LogP contribution in [0.4, 0.5) is 13.2 Å². The van der Waals surface area contributed by atoms with Crippen molar-refractivity contribution in [2.24, 2.45) is 0 Å². The number of hydrogen-bond acceptors (Lipinski definition) is 1. The average Bonchev–Trinajstić information content (AvgIpc) is 2.15. The molecule has 0 bridgehead atoms. The highest BCUT2D eigenvalue weighted by Crippen LogP contribution is 2.25. The molecule has 1 aromatic carbocycles. The minimum absolute atomic E-state index is 0.197. The summed E-state index contributed by atoms with van der Waals surface area (Å²) in [6, 6.07) is 6.22. The molecule has 0 aliphatic carbocycles. The predicted octanol–water partition coefficient (Wildman–Crippen LogP) is 3.46. The molecule has 1 unspecified atom stereocenters. The first-order valence-electron chi connectivity index (χ1n) is 4.27. The molecule has 0 amide bonds. The summed E-state index contributed by atoms with van der Waals surface area (Å²) in [4.78, 5) is 0. The van der Waals surface area contributed by atoms with E-state index in [1.165, 1.54) is 0 Å². The van der Waals surface area contributed by atoms with Gasteiger partial charge in [-0.15, -0.1) is 0 Å². The quantitative estimate of drug-likeness (QED) is 0.784. The second kappa shape index (κ2) is 4.86. The summed E-state index contributed by atoms with van der Waals surface area (Å²) in [6.45, 7) is 0. The molecule has 0 fully saturated rings. The average molecular weight is 239 g/mol. The van der Waals surface area contributed by atoms with E-state index in [0.717, 1.165) is 7.11 Å². The van der Waals surface area contributed by atoms with Gasteiger partial charge in [-0.2, -0.15) is 13.2 Å². The Labute approximate surface area is 90.8 Å². The first-order valence-corrected chi connectivity index (χ1v) is 4.65. The van der Waals surface area contributed by atoms with Gasteiger partial charge in [0.05, 0.1) is 0 Å². The molecule has 1 nitrogen and oxygen atoms in total. The smallest absolute Gasteiger partial charge is 0.372 e. The van der Waals surface area contributed by atoms with Crippen LogP contribution in [0.1, 0.15) is 5.56 Å². The van der Waals surface area contributed by atoms with Crippen LogP contribution in [0.3, 0.4) is 0 Å². The molecule has 5 heteroatoms. The van der Waals surface area contributed by atoms with Gasteiger partial charge >= 0.3 is 6.18 Å². The Morgan fingerprint density at radius 2 is 1.80 bits per heavy atom. The van der Waals surface area contributed by atoms with E-state index >= 15 is 0 Å². The van der Waals surface area contributed by atoms with Gasteiger partial charge in [0.25, 0.3) is 0 Å². The van der Waals surface area contributed by atoms with Crippen LogP contribution < -0.4 is 0 Å². The number of ether oxygens (including phenoxy) is 1. The van der Waals surface area contributed by atoms with E-state index in [1.54, 1.807) is 24.3 Å². The van der Waals surface area contributed by atoms with Gasteiger partial charge in [0, 0.05) is 18.6 Å². The molecule has 0 aromatic heterocycles. The monoisotopic (exact) mass is 238 g/mol. The van der Waals surface area contributed by atoms with Gasteiger partial charge in [-0.05, 0) is 17.7 Å². The Morgan fingerprint density at radius 1 is 1.27 bits per heavy atom. The SMILES string of the molecule is COC(Cc1ccc(Cl)cc1)C(F)(F)F. The van der Waals surface area contributed by atoms with Crippen molar-refractivity contribution >= 4 is 11.6 Å². The van der Waals surface area contributed by atoms with Crippen molar-refractivity contribution in [2.75, 3.05) is 7.11 Å². The van der Waals surface area contributed by atoms with Crippen molar-refractivity contribution in [3.8, 4) is 0 Å². The van der Waals surface area contributed by atoms with Crippen LogP contribution in [-0.2, 0) is 11.2 Å². The molecule has 15 heavy (non-hydrogen) atoms. The van der Waals surface area contributed by atoms with Gasteiger partial charge in [-0.3, -0.25) is 0 Å². The molecule has 0 heterocycles. The van der Waals surface area contributed by atoms with E-state index in [0.29, 0.717) is 10.6 Å². The van der Waals surface area contributed by atoms with Crippen molar-refractivity contribution in [3.63, 3.8) is 0 Å². The van der Waals surface area contributed by atoms with E-state index < -0.39 is 12.3 Å². The van der Waals surface area contributed by atoms with Gasteiger partial charge in [0.15, 0.2) is 6.10 Å². The van der Waals surface area contributed by atoms with Crippen molar-refractivity contribution in [1.82, 2.24) is 0 Å². The summed E-state index contributed by atoms with van der Waals surface area (Å²) in [5.74, 6) is 0. The third-order valence-electron chi connectivity index (χ3n) is 1.98. The molecule has 0 aliphatic heterocycles. The minimum Gasteiger partial charge on any atom is -0.372 e. The Bertz CT molecular complexity index is 307. The van der Waals surface area contributed by atoms with E-state index in [1.807, 2.05) is 0 Å². The summed E-state index contributed by atoms with van der Waals surface area (Å²) >= 11 is 5.62. The molecule has 84 valence electrons. The summed E-state index contributed by atoms with van der Waals surface area (Å²) < 4.78 is 41.4. The molecular formula is C10H10ClF3O. The van der Waals surface area contributed by atoms with E-state index in [4.69, 9.17) is 11.6 Å². The van der Waals surface area contributed by atoms with E-state index in [2.05, 4.69) is 4.74 Å². The number of methoxy groups -OCH3 is 1. The molecule has 1 rings (SSSR count). The topological polar surface area (TPSA) is 9.23 Å². The van der Waals surface area contributed by atoms with Crippen LogP contribution in [0.15, 0.2) is 24.3 Å². The lowest BCUT2D eigenvalue weighted by Gasteiger charge is -2.18. The Morgan fingerprint density at radius 3 is 2.20 bits per heavy atom. The fourth-order valence-corrected chi connectivity index (χ4v) is 1.29. The third-order valence-corrected chi connectivity index (χ3v) is 2.24. The molecule has 0 saturated carbocycles. The second-order valence-electron chi connectivity index (χ2n) is 3.10. The molecule has 1 atom stereocenters. The summed E-state index contributed by atoms with van der Waals surface area (Å²) in [7, 11) is 1.05. The largest absolute Gasteiger partial charge is 0.414 e. The summed E-state index contributed by atoms with van der Waals surface area (Å²) in [5.41, 5.74) is 0.545. The zero-order chi connectivity index (χ0) is 11.5. The van der Waals surface area contributed by atoms with Gasteiger partial charge in [-0.1, -0.05) is 23.7 Å². The first kappa shape index (κ1) is 12.3. The minimum atomic E-state index is -4.34. The van der Waals surface area contributed by atoms with Crippen molar-refractivity contribution in [1.29, 1.82) is 0 Å². The van der Waals surface area contributed by atoms with Gasteiger partial charge < -0.3 is 4.74 Å². The van der Waals surface area contributed by atoms with Crippen LogP contribution in [-0.4, -0.2) is 19.4 Å². The lowest BCUT2D eigenvalue weighted by atomic mass is 10.1. The zero-order valence-electron chi connectivity index (χ0n) is 8.01. The normalized spacial score (nSPS) is 13.9. The Balaban J connectivity index is 2.71. The number of alkyl halides is 3. The lowest BCUT2D eigenvalue weighted by molar-refractivity contribution is -0.212. The van der Waals surface area contributed by atoms with Crippen LogP contribution in [0.5, 0.6) is 0 Å². The molecule has 0 saturated heterocycles. The predicted molar refractivity (Wildman–Crippen MR) is 52.0 cm³/mol. The molecule has 0 aliphatic rings. The Hall–Kier alpha value is -0.740. The van der Waals surface area contributed by atoms with Crippen molar-refractivity contribution in [3.05, 3.63) is 34.9 Å². The third kappa shape index (κ3) is 3.72. The van der Waals surface area contributed by atoms with E-state index in [9.17, 15) is 13.2 Å². The van der Waals surface area contributed by atoms with Crippen LogP contribution in [0.25, 0.3) is 0 Å². The van der Waals surface area contributed by atoms with Crippen molar-refractivity contribution in [2.45, 2.75) is 18.7 Å². The maximum atomic E-state index is 12.3. The standard InChI is InChI=1S/C10H10ClF3O/c1-15-9(10(12,13)14)6-7-2-4-8(11)5-3-7/h2-5,9H,6H2,1H3. The summed E-state index contributed by atoms with van der Waals surface area (Å²) in [6.07, 6.45) is -6.30. The second-order valence-corrected chi connectivity index (χ2v) is 3.53.